The highest BCUT2D eigenvalue weighted by atomic mass is 16.5. The third-order valence-corrected chi connectivity index (χ3v) is 2.63. The number of amidine groups is 1. The lowest BCUT2D eigenvalue weighted by molar-refractivity contribution is 0.406. The molecule has 1 heterocycles. The summed E-state index contributed by atoms with van der Waals surface area (Å²) >= 11 is 0. The van der Waals surface area contributed by atoms with E-state index >= 15 is 0 Å². The molecular formula is C10H16N4O. The van der Waals surface area contributed by atoms with Crippen molar-refractivity contribution in [1.82, 2.24) is 10.6 Å². The quantitative estimate of drug-likeness (QED) is 0.330. The molecule has 0 atom stereocenters. The first-order valence-corrected chi connectivity index (χ1v) is 5.27. The number of nitrogens with two attached hydrogens (primary N) is 1. The molecule has 5 nitrogen and oxygen atoms in total. The van der Waals surface area contributed by atoms with Gasteiger partial charge in [-0.3, -0.25) is 4.99 Å². The van der Waals surface area contributed by atoms with Gasteiger partial charge in [0.05, 0.1) is 11.7 Å². The fourth-order valence-electron chi connectivity index (χ4n) is 1.86. The number of aromatic nitrogens is 1. The SMILES string of the molecule is Cc1cc(C(=NC2CCCC2)NN)on1. The Morgan fingerprint density at radius 1 is 1.60 bits per heavy atom. The zero-order valence-electron chi connectivity index (χ0n) is 8.86. The summed E-state index contributed by atoms with van der Waals surface area (Å²) in [7, 11) is 0. The van der Waals surface area contributed by atoms with Crippen molar-refractivity contribution in [3.63, 3.8) is 0 Å². The van der Waals surface area contributed by atoms with Crippen LogP contribution in [0.2, 0.25) is 0 Å². The molecule has 0 bridgehead atoms. The average Bonchev–Trinajstić information content (AvgIpc) is 2.85. The maximum atomic E-state index is 5.42. The van der Waals surface area contributed by atoms with Gasteiger partial charge in [-0.15, -0.1) is 0 Å². The average molecular weight is 208 g/mol. The van der Waals surface area contributed by atoms with Gasteiger partial charge in [-0.2, -0.15) is 0 Å². The summed E-state index contributed by atoms with van der Waals surface area (Å²) in [6.45, 7) is 1.87. The Morgan fingerprint density at radius 3 is 2.87 bits per heavy atom. The van der Waals surface area contributed by atoms with Crippen molar-refractivity contribution in [2.75, 3.05) is 0 Å². The monoisotopic (exact) mass is 208 g/mol. The highest BCUT2D eigenvalue weighted by molar-refractivity contribution is 5.95. The van der Waals surface area contributed by atoms with Gasteiger partial charge in [0.25, 0.3) is 0 Å². The van der Waals surface area contributed by atoms with E-state index in [9.17, 15) is 0 Å². The highest BCUT2D eigenvalue weighted by Crippen LogP contribution is 2.21. The van der Waals surface area contributed by atoms with Gasteiger partial charge in [0.2, 0.25) is 5.76 Å². The van der Waals surface area contributed by atoms with E-state index in [-0.39, 0.29) is 0 Å². The first-order chi connectivity index (χ1) is 7.29. The molecule has 1 aromatic rings. The predicted molar refractivity (Wildman–Crippen MR) is 57.4 cm³/mol. The Hall–Kier alpha value is -1.36. The van der Waals surface area contributed by atoms with Gasteiger partial charge in [-0.05, 0) is 19.8 Å². The lowest BCUT2D eigenvalue weighted by atomic mass is 10.2. The predicted octanol–water partition coefficient (Wildman–Crippen LogP) is 1.14. The van der Waals surface area contributed by atoms with Crippen molar-refractivity contribution >= 4 is 5.84 Å². The molecular weight excluding hydrogens is 192 g/mol. The zero-order valence-corrected chi connectivity index (χ0v) is 8.86. The lowest BCUT2D eigenvalue weighted by Crippen LogP contribution is -2.31. The minimum atomic E-state index is 0.376. The third kappa shape index (κ3) is 2.36. The van der Waals surface area contributed by atoms with Gasteiger partial charge in [-0.1, -0.05) is 18.0 Å². The maximum absolute atomic E-state index is 5.42. The minimum absolute atomic E-state index is 0.376. The van der Waals surface area contributed by atoms with Gasteiger partial charge >= 0.3 is 0 Å². The van der Waals surface area contributed by atoms with E-state index in [1.54, 1.807) is 0 Å². The Bertz CT molecular complexity index is 352. The second-order valence-electron chi connectivity index (χ2n) is 3.89. The normalized spacial score (nSPS) is 18.4. The van der Waals surface area contributed by atoms with Crippen LogP contribution in [0, 0.1) is 6.92 Å². The molecule has 2 rings (SSSR count). The molecule has 3 N–H and O–H groups in total. The minimum Gasteiger partial charge on any atom is -0.353 e. The Labute approximate surface area is 88.7 Å². The van der Waals surface area contributed by atoms with Crippen LogP contribution in [-0.4, -0.2) is 17.0 Å². The van der Waals surface area contributed by atoms with E-state index in [1.807, 2.05) is 13.0 Å². The molecule has 1 saturated carbocycles. The van der Waals surface area contributed by atoms with Crippen molar-refractivity contribution in [2.24, 2.45) is 10.8 Å². The van der Waals surface area contributed by atoms with E-state index in [2.05, 4.69) is 15.6 Å². The molecule has 1 fully saturated rings. The molecule has 1 aromatic heterocycles. The van der Waals surface area contributed by atoms with Crippen molar-refractivity contribution < 1.29 is 4.52 Å². The van der Waals surface area contributed by atoms with Crippen LogP contribution in [0.4, 0.5) is 0 Å². The summed E-state index contributed by atoms with van der Waals surface area (Å²) in [6, 6.07) is 2.20. The van der Waals surface area contributed by atoms with Crippen molar-refractivity contribution in [3.05, 3.63) is 17.5 Å². The number of nitrogens with zero attached hydrogens (tertiary/aromatic N) is 2. The van der Waals surface area contributed by atoms with Gasteiger partial charge in [-0.25, -0.2) is 5.84 Å². The molecule has 1 aliphatic rings. The molecule has 0 aliphatic heterocycles. The number of aliphatic imine (C=N–C) groups is 1. The van der Waals surface area contributed by atoms with E-state index in [1.165, 1.54) is 12.8 Å². The molecule has 0 spiro atoms. The van der Waals surface area contributed by atoms with Crippen LogP contribution in [-0.2, 0) is 0 Å². The van der Waals surface area contributed by atoms with Crippen LogP contribution in [0.5, 0.6) is 0 Å². The topological polar surface area (TPSA) is 76.4 Å². The number of hydrazine groups is 1. The Balaban J connectivity index is 2.15. The zero-order chi connectivity index (χ0) is 10.7. The highest BCUT2D eigenvalue weighted by Gasteiger charge is 2.16. The van der Waals surface area contributed by atoms with E-state index in [4.69, 9.17) is 10.4 Å². The summed E-state index contributed by atoms with van der Waals surface area (Å²) in [5, 5.41) is 3.81. The summed E-state index contributed by atoms with van der Waals surface area (Å²) in [4.78, 5) is 4.52. The first-order valence-electron chi connectivity index (χ1n) is 5.27. The van der Waals surface area contributed by atoms with Crippen LogP contribution < -0.4 is 11.3 Å². The summed E-state index contributed by atoms with van der Waals surface area (Å²) in [5.41, 5.74) is 3.41. The lowest BCUT2D eigenvalue weighted by Gasteiger charge is -2.05. The fraction of sp³-hybridized carbons (Fsp3) is 0.600. The molecule has 0 unspecified atom stereocenters. The van der Waals surface area contributed by atoms with E-state index in [0.717, 1.165) is 18.5 Å². The van der Waals surface area contributed by atoms with Gasteiger partial charge in [0, 0.05) is 6.07 Å². The molecule has 15 heavy (non-hydrogen) atoms. The Kier molecular flexibility index (Phi) is 3.01. The second-order valence-corrected chi connectivity index (χ2v) is 3.89. The third-order valence-electron chi connectivity index (χ3n) is 2.63. The molecule has 0 amide bonds. The molecule has 1 aliphatic carbocycles. The van der Waals surface area contributed by atoms with Crippen molar-refractivity contribution in [1.29, 1.82) is 0 Å². The van der Waals surface area contributed by atoms with Crippen molar-refractivity contribution in [3.8, 4) is 0 Å². The van der Waals surface area contributed by atoms with E-state index < -0.39 is 0 Å². The molecule has 5 heteroatoms. The fourth-order valence-corrected chi connectivity index (χ4v) is 1.86. The van der Waals surface area contributed by atoms with Gasteiger partial charge < -0.3 is 9.95 Å². The van der Waals surface area contributed by atoms with Crippen LogP contribution in [0.15, 0.2) is 15.6 Å². The van der Waals surface area contributed by atoms with E-state index in [0.29, 0.717) is 17.6 Å². The van der Waals surface area contributed by atoms with Crippen LogP contribution in [0.3, 0.4) is 0 Å². The number of rotatable bonds is 2. The first kappa shape index (κ1) is 10.2. The van der Waals surface area contributed by atoms with Crippen LogP contribution in [0.1, 0.15) is 37.1 Å². The van der Waals surface area contributed by atoms with Crippen LogP contribution >= 0.6 is 0 Å². The largest absolute Gasteiger partial charge is 0.353 e. The molecule has 0 radical (unpaired) electrons. The smallest absolute Gasteiger partial charge is 0.202 e. The standard InChI is InChI=1S/C10H16N4O/c1-7-6-9(15-14-7)10(13-11)12-8-4-2-3-5-8/h6,8H,2-5,11H2,1H3,(H,12,13). The summed E-state index contributed by atoms with van der Waals surface area (Å²) < 4.78 is 5.10. The number of hydrogen-bond donors (Lipinski definition) is 2. The number of nitrogens with one attached hydrogen (secondary N) is 1. The number of hydrogen-bond acceptors (Lipinski definition) is 4. The molecule has 0 aromatic carbocycles. The summed E-state index contributed by atoms with van der Waals surface area (Å²) in [6.07, 6.45) is 4.78. The maximum Gasteiger partial charge on any atom is 0.202 e. The molecule has 82 valence electrons. The van der Waals surface area contributed by atoms with Gasteiger partial charge in [0.1, 0.15) is 0 Å². The second kappa shape index (κ2) is 4.44. The van der Waals surface area contributed by atoms with Crippen molar-refractivity contribution in [2.45, 2.75) is 38.6 Å². The van der Waals surface area contributed by atoms with Gasteiger partial charge in [0.15, 0.2) is 5.84 Å². The molecule has 0 saturated heterocycles. The number of aryl methyl sites for hydroxylation is 1. The summed E-state index contributed by atoms with van der Waals surface area (Å²) in [5.74, 6) is 6.64. The van der Waals surface area contributed by atoms with Crippen LogP contribution in [0.25, 0.3) is 0 Å². The Morgan fingerprint density at radius 2 is 2.33 bits per heavy atom.